The Morgan fingerprint density at radius 3 is 2.28 bits per heavy atom. The van der Waals surface area contributed by atoms with Crippen LogP contribution >= 0.6 is 11.8 Å². The van der Waals surface area contributed by atoms with E-state index < -0.39 is 5.51 Å². The van der Waals surface area contributed by atoms with Gasteiger partial charge in [-0.15, -0.1) is 0 Å². The van der Waals surface area contributed by atoms with Crippen LogP contribution in [0.25, 0.3) is 0 Å². The van der Waals surface area contributed by atoms with E-state index in [0.29, 0.717) is 18.0 Å². The second-order valence-electron chi connectivity index (χ2n) is 5.32. The molecular weight excluding hydrogens is 259 g/mol. The molecule has 1 atom stereocenters. The standard InChI is InChI=1S/C13H16F3NS/c1-12(2)7-11(12)17-8-9-3-5-10(6-4-9)18-13(14,15)16/h3-6,11,17H,7-8H2,1-2H3. The molecule has 1 fully saturated rings. The van der Waals surface area contributed by atoms with Gasteiger partial charge in [-0.3, -0.25) is 0 Å². The van der Waals surface area contributed by atoms with Gasteiger partial charge in [-0.2, -0.15) is 13.2 Å². The summed E-state index contributed by atoms with van der Waals surface area (Å²) in [5, 5.41) is 3.40. The Balaban J connectivity index is 1.84. The topological polar surface area (TPSA) is 12.0 Å². The predicted octanol–water partition coefficient (Wildman–Crippen LogP) is 4.19. The SMILES string of the molecule is CC1(C)CC1NCc1ccc(SC(F)(F)F)cc1. The fourth-order valence-electron chi connectivity index (χ4n) is 1.87. The number of thioether (sulfide) groups is 1. The van der Waals surface area contributed by atoms with E-state index in [-0.39, 0.29) is 16.7 Å². The van der Waals surface area contributed by atoms with E-state index in [1.165, 1.54) is 12.1 Å². The Hall–Kier alpha value is -0.680. The van der Waals surface area contributed by atoms with Crippen LogP contribution < -0.4 is 5.32 Å². The summed E-state index contributed by atoms with van der Waals surface area (Å²) in [4.78, 5) is 0.234. The Morgan fingerprint density at radius 1 is 1.28 bits per heavy atom. The monoisotopic (exact) mass is 275 g/mol. The van der Waals surface area contributed by atoms with Crippen molar-refractivity contribution >= 4 is 11.8 Å². The third-order valence-electron chi connectivity index (χ3n) is 3.22. The highest BCUT2D eigenvalue weighted by molar-refractivity contribution is 8.00. The largest absolute Gasteiger partial charge is 0.446 e. The first-order valence-electron chi connectivity index (χ1n) is 5.84. The number of rotatable bonds is 4. The van der Waals surface area contributed by atoms with Crippen LogP contribution in [0.1, 0.15) is 25.8 Å². The summed E-state index contributed by atoms with van der Waals surface area (Å²) in [7, 11) is 0. The molecule has 1 aliphatic rings. The van der Waals surface area contributed by atoms with E-state index >= 15 is 0 Å². The first-order valence-corrected chi connectivity index (χ1v) is 6.66. The molecule has 1 unspecified atom stereocenters. The van der Waals surface area contributed by atoms with Crippen molar-refractivity contribution in [2.45, 2.75) is 43.3 Å². The molecule has 1 aromatic carbocycles. The van der Waals surface area contributed by atoms with Gasteiger partial charge in [-0.1, -0.05) is 26.0 Å². The lowest BCUT2D eigenvalue weighted by molar-refractivity contribution is -0.0328. The lowest BCUT2D eigenvalue weighted by atomic mass is 10.2. The van der Waals surface area contributed by atoms with Gasteiger partial charge in [0.25, 0.3) is 0 Å². The molecule has 1 saturated carbocycles. The zero-order valence-electron chi connectivity index (χ0n) is 10.3. The summed E-state index contributed by atoms with van der Waals surface area (Å²) in [5.74, 6) is 0. The van der Waals surface area contributed by atoms with E-state index in [2.05, 4.69) is 19.2 Å². The van der Waals surface area contributed by atoms with Crippen LogP contribution in [0.3, 0.4) is 0 Å². The Morgan fingerprint density at radius 2 is 1.83 bits per heavy atom. The number of halogens is 3. The molecule has 1 nitrogen and oxygen atoms in total. The minimum atomic E-state index is -4.21. The van der Waals surface area contributed by atoms with Gasteiger partial charge >= 0.3 is 5.51 Å². The molecule has 1 aliphatic carbocycles. The van der Waals surface area contributed by atoms with E-state index in [9.17, 15) is 13.2 Å². The molecule has 0 saturated heterocycles. The molecular formula is C13H16F3NS. The van der Waals surface area contributed by atoms with E-state index in [1.807, 2.05) is 0 Å². The highest BCUT2D eigenvalue weighted by atomic mass is 32.2. The highest BCUT2D eigenvalue weighted by Gasteiger charge is 2.44. The highest BCUT2D eigenvalue weighted by Crippen LogP contribution is 2.44. The van der Waals surface area contributed by atoms with Crippen LogP contribution in [0, 0.1) is 5.41 Å². The zero-order valence-corrected chi connectivity index (χ0v) is 11.2. The van der Waals surface area contributed by atoms with Gasteiger partial charge < -0.3 is 5.32 Å². The van der Waals surface area contributed by atoms with Crippen LogP contribution in [0.15, 0.2) is 29.2 Å². The fraction of sp³-hybridized carbons (Fsp3) is 0.538. The molecule has 1 aromatic rings. The Labute approximate surface area is 109 Å². The maximum absolute atomic E-state index is 12.1. The van der Waals surface area contributed by atoms with Gasteiger partial charge in [-0.25, -0.2) is 0 Å². The van der Waals surface area contributed by atoms with Gasteiger partial charge in [0.1, 0.15) is 0 Å². The quantitative estimate of drug-likeness (QED) is 0.827. The molecule has 0 aliphatic heterocycles. The van der Waals surface area contributed by atoms with Gasteiger partial charge in [0, 0.05) is 17.5 Å². The van der Waals surface area contributed by atoms with Crippen molar-refractivity contribution in [3.05, 3.63) is 29.8 Å². The van der Waals surface area contributed by atoms with Crippen molar-refractivity contribution in [1.29, 1.82) is 0 Å². The molecule has 0 spiro atoms. The van der Waals surface area contributed by atoms with Gasteiger partial charge in [-0.05, 0) is 41.3 Å². The average molecular weight is 275 g/mol. The third kappa shape index (κ3) is 3.92. The molecule has 0 amide bonds. The van der Waals surface area contributed by atoms with Crippen molar-refractivity contribution in [2.24, 2.45) is 5.41 Å². The summed E-state index contributed by atoms with van der Waals surface area (Å²) < 4.78 is 36.4. The van der Waals surface area contributed by atoms with Crippen LogP contribution in [0.5, 0.6) is 0 Å². The number of hydrogen-bond donors (Lipinski definition) is 1. The van der Waals surface area contributed by atoms with Gasteiger partial charge in [0.2, 0.25) is 0 Å². The first-order chi connectivity index (χ1) is 8.26. The van der Waals surface area contributed by atoms with Crippen molar-refractivity contribution in [3.8, 4) is 0 Å². The van der Waals surface area contributed by atoms with Gasteiger partial charge in [0.05, 0.1) is 0 Å². The normalized spacial score (nSPS) is 21.9. The van der Waals surface area contributed by atoms with Crippen LogP contribution in [0.4, 0.5) is 13.2 Å². The summed E-state index contributed by atoms with van der Waals surface area (Å²) >= 11 is -0.0745. The number of hydrogen-bond acceptors (Lipinski definition) is 2. The minimum Gasteiger partial charge on any atom is -0.309 e. The summed E-state index contributed by atoms with van der Waals surface area (Å²) in [6.45, 7) is 5.12. The smallest absolute Gasteiger partial charge is 0.309 e. The van der Waals surface area contributed by atoms with E-state index in [1.54, 1.807) is 12.1 Å². The predicted molar refractivity (Wildman–Crippen MR) is 67.4 cm³/mol. The molecule has 0 radical (unpaired) electrons. The summed E-state index contributed by atoms with van der Waals surface area (Å²) in [6, 6.07) is 7.06. The van der Waals surface area contributed by atoms with Crippen LogP contribution in [0.2, 0.25) is 0 Å². The maximum Gasteiger partial charge on any atom is 0.446 e. The van der Waals surface area contributed by atoms with Crippen molar-refractivity contribution in [3.63, 3.8) is 0 Å². The summed E-state index contributed by atoms with van der Waals surface area (Å²) in [6.07, 6.45) is 1.16. The molecule has 0 bridgehead atoms. The molecule has 18 heavy (non-hydrogen) atoms. The molecule has 100 valence electrons. The average Bonchev–Trinajstić information content (AvgIpc) is 2.83. The van der Waals surface area contributed by atoms with Crippen molar-refractivity contribution < 1.29 is 13.2 Å². The Bertz CT molecular complexity index is 411. The second-order valence-corrected chi connectivity index (χ2v) is 6.46. The van der Waals surface area contributed by atoms with Crippen molar-refractivity contribution in [1.82, 2.24) is 5.32 Å². The zero-order chi connectivity index (χ0) is 13.4. The minimum absolute atomic E-state index is 0.0745. The maximum atomic E-state index is 12.1. The number of alkyl halides is 3. The molecule has 0 heterocycles. The lowest BCUT2D eigenvalue weighted by Gasteiger charge is -2.08. The molecule has 2 rings (SSSR count). The Kier molecular flexibility index (Phi) is 3.65. The van der Waals surface area contributed by atoms with Crippen LogP contribution in [-0.4, -0.2) is 11.6 Å². The molecule has 1 N–H and O–H groups in total. The molecule has 5 heteroatoms. The molecule has 0 aromatic heterocycles. The number of benzene rings is 1. The first kappa shape index (κ1) is 13.7. The lowest BCUT2D eigenvalue weighted by Crippen LogP contribution is -2.19. The second kappa shape index (κ2) is 4.78. The fourth-order valence-corrected chi connectivity index (χ4v) is 2.41. The van der Waals surface area contributed by atoms with E-state index in [4.69, 9.17) is 0 Å². The number of nitrogens with one attached hydrogen (secondary N) is 1. The third-order valence-corrected chi connectivity index (χ3v) is 3.96. The van der Waals surface area contributed by atoms with E-state index in [0.717, 1.165) is 12.0 Å². The van der Waals surface area contributed by atoms with Gasteiger partial charge in [0.15, 0.2) is 0 Å². The van der Waals surface area contributed by atoms with Crippen molar-refractivity contribution in [2.75, 3.05) is 0 Å². The van der Waals surface area contributed by atoms with Crippen LogP contribution in [-0.2, 0) is 6.54 Å². The summed E-state index contributed by atoms with van der Waals surface area (Å²) in [5.41, 5.74) is -2.83.